The second-order valence-electron chi connectivity index (χ2n) is 4.78. The van der Waals surface area contributed by atoms with Crippen molar-refractivity contribution in [2.45, 2.75) is 13.8 Å². The zero-order chi connectivity index (χ0) is 16.3. The lowest BCUT2D eigenvalue weighted by Crippen LogP contribution is -2.29. The normalized spacial score (nSPS) is 10.2. The molecule has 0 saturated carbocycles. The van der Waals surface area contributed by atoms with Crippen LogP contribution in [0.3, 0.4) is 0 Å². The molecule has 0 atom stereocenters. The highest BCUT2D eigenvalue weighted by atomic mass is 19.2. The van der Waals surface area contributed by atoms with E-state index in [9.17, 15) is 18.4 Å². The van der Waals surface area contributed by atoms with Gasteiger partial charge in [0.05, 0.1) is 0 Å². The highest BCUT2D eigenvalue weighted by Gasteiger charge is 2.16. The fourth-order valence-corrected chi connectivity index (χ4v) is 1.83. The largest absolute Gasteiger partial charge is 0.318 e. The van der Waals surface area contributed by atoms with E-state index >= 15 is 0 Å². The number of hydrogen-bond acceptors (Lipinski definition) is 2. The number of anilines is 2. The lowest BCUT2D eigenvalue weighted by Gasteiger charge is -2.10. The number of aryl methyl sites for hydroxylation is 1. The van der Waals surface area contributed by atoms with Crippen LogP contribution >= 0.6 is 0 Å². The summed E-state index contributed by atoms with van der Waals surface area (Å²) in [6.07, 6.45) is 0. The first-order chi connectivity index (χ1) is 10.4. The molecule has 2 aromatic rings. The van der Waals surface area contributed by atoms with E-state index in [2.05, 4.69) is 10.6 Å². The molecule has 6 heteroatoms. The van der Waals surface area contributed by atoms with Crippen LogP contribution in [0, 0.1) is 25.5 Å². The van der Waals surface area contributed by atoms with E-state index in [1.54, 1.807) is 12.1 Å². The number of halogens is 2. The monoisotopic (exact) mass is 304 g/mol. The van der Waals surface area contributed by atoms with Crippen LogP contribution in [0.25, 0.3) is 0 Å². The molecule has 2 rings (SSSR count). The van der Waals surface area contributed by atoms with Crippen molar-refractivity contribution in [3.63, 3.8) is 0 Å². The molecule has 2 N–H and O–H groups in total. The van der Waals surface area contributed by atoms with Crippen molar-refractivity contribution in [1.82, 2.24) is 0 Å². The fraction of sp³-hybridized carbons (Fsp3) is 0.125. The molecule has 0 fully saturated rings. The molecule has 2 amide bonds. The smallest absolute Gasteiger partial charge is 0.314 e. The fourth-order valence-electron chi connectivity index (χ4n) is 1.83. The predicted molar refractivity (Wildman–Crippen MR) is 79.5 cm³/mol. The van der Waals surface area contributed by atoms with Crippen molar-refractivity contribution < 1.29 is 18.4 Å². The molecule has 4 nitrogen and oxygen atoms in total. The van der Waals surface area contributed by atoms with Crippen LogP contribution in [-0.4, -0.2) is 11.8 Å². The predicted octanol–water partition coefficient (Wildman–Crippen LogP) is 3.16. The van der Waals surface area contributed by atoms with E-state index in [-0.39, 0.29) is 5.69 Å². The van der Waals surface area contributed by atoms with Crippen molar-refractivity contribution >= 4 is 23.2 Å². The van der Waals surface area contributed by atoms with Gasteiger partial charge in [0, 0.05) is 17.4 Å². The molecule has 22 heavy (non-hydrogen) atoms. The molecule has 0 aromatic heterocycles. The summed E-state index contributed by atoms with van der Waals surface area (Å²) in [7, 11) is 0. The van der Waals surface area contributed by atoms with Crippen LogP contribution in [0.15, 0.2) is 36.4 Å². The first-order valence-electron chi connectivity index (χ1n) is 6.52. The van der Waals surface area contributed by atoms with Crippen LogP contribution in [0.5, 0.6) is 0 Å². The van der Waals surface area contributed by atoms with E-state index in [0.717, 1.165) is 23.3 Å². The number of nitrogens with one attached hydrogen (secondary N) is 2. The van der Waals surface area contributed by atoms with Gasteiger partial charge in [-0.25, -0.2) is 8.78 Å². The Hall–Kier alpha value is -2.76. The van der Waals surface area contributed by atoms with Crippen molar-refractivity contribution in [3.05, 3.63) is 59.2 Å². The summed E-state index contributed by atoms with van der Waals surface area (Å²) >= 11 is 0. The van der Waals surface area contributed by atoms with Gasteiger partial charge in [-0.3, -0.25) is 9.59 Å². The quantitative estimate of drug-likeness (QED) is 0.837. The summed E-state index contributed by atoms with van der Waals surface area (Å²) < 4.78 is 25.8. The minimum Gasteiger partial charge on any atom is -0.318 e. The minimum atomic E-state index is -1.10. The highest BCUT2D eigenvalue weighted by molar-refractivity contribution is 6.43. The zero-order valence-electron chi connectivity index (χ0n) is 12.0. The van der Waals surface area contributed by atoms with Gasteiger partial charge in [-0.15, -0.1) is 0 Å². The van der Waals surface area contributed by atoms with Gasteiger partial charge in [0.15, 0.2) is 11.6 Å². The van der Waals surface area contributed by atoms with Gasteiger partial charge in [-0.05, 0) is 43.2 Å². The first-order valence-corrected chi connectivity index (χ1v) is 6.52. The summed E-state index contributed by atoms with van der Waals surface area (Å²) in [5.74, 6) is -3.99. The first kappa shape index (κ1) is 15.6. The van der Waals surface area contributed by atoms with Gasteiger partial charge in [0.25, 0.3) is 0 Å². The molecule has 0 radical (unpaired) electrons. The van der Waals surface area contributed by atoms with Crippen molar-refractivity contribution in [1.29, 1.82) is 0 Å². The number of carbonyl (C=O) groups is 2. The maximum Gasteiger partial charge on any atom is 0.314 e. The van der Waals surface area contributed by atoms with Crippen molar-refractivity contribution in [2.24, 2.45) is 0 Å². The van der Waals surface area contributed by atoms with Crippen LogP contribution in [-0.2, 0) is 9.59 Å². The molecule has 0 saturated heterocycles. The number of rotatable bonds is 2. The Morgan fingerprint density at radius 1 is 0.909 bits per heavy atom. The van der Waals surface area contributed by atoms with Crippen molar-refractivity contribution in [3.8, 4) is 0 Å². The van der Waals surface area contributed by atoms with Crippen LogP contribution in [0.1, 0.15) is 11.1 Å². The molecule has 0 unspecified atom stereocenters. The summed E-state index contributed by atoms with van der Waals surface area (Å²) in [5, 5.41) is 4.68. The molecule has 0 spiro atoms. The number of hydrogen-bond donors (Lipinski definition) is 2. The average Bonchev–Trinajstić information content (AvgIpc) is 2.47. The molecular weight excluding hydrogens is 290 g/mol. The second kappa shape index (κ2) is 6.34. The molecule has 2 aromatic carbocycles. The Balaban J connectivity index is 2.07. The van der Waals surface area contributed by atoms with E-state index in [1.807, 2.05) is 19.9 Å². The molecular formula is C16H14F2N2O2. The molecule has 0 aliphatic heterocycles. The zero-order valence-corrected chi connectivity index (χ0v) is 12.0. The molecule has 114 valence electrons. The maximum atomic E-state index is 13.0. The van der Waals surface area contributed by atoms with E-state index in [0.29, 0.717) is 5.69 Å². The second-order valence-corrected chi connectivity index (χ2v) is 4.78. The van der Waals surface area contributed by atoms with Gasteiger partial charge in [-0.2, -0.15) is 0 Å². The lowest BCUT2D eigenvalue weighted by molar-refractivity contribution is -0.133. The Morgan fingerprint density at radius 3 is 2.27 bits per heavy atom. The third-order valence-corrected chi connectivity index (χ3v) is 3.24. The van der Waals surface area contributed by atoms with E-state index in [4.69, 9.17) is 0 Å². The van der Waals surface area contributed by atoms with E-state index < -0.39 is 23.4 Å². The van der Waals surface area contributed by atoms with Crippen LogP contribution in [0.4, 0.5) is 20.2 Å². The van der Waals surface area contributed by atoms with Gasteiger partial charge in [0.1, 0.15) is 0 Å². The molecule has 0 heterocycles. The average molecular weight is 304 g/mol. The van der Waals surface area contributed by atoms with Gasteiger partial charge >= 0.3 is 11.8 Å². The molecule has 0 aliphatic carbocycles. The van der Waals surface area contributed by atoms with Crippen LogP contribution < -0.4 is 10.6 Å². The minimum absolute atomic E-state index is 0.0000131. The van der Waals surface area contributed by atoms with Gasteiger partial charge in [-0.1, -0.05) is 12.1 Å². The van der Waals surface area contributed by atoms with Crippen LogP contribution in [0.2, 0.25) is 0 Å². The van der Waals surface area contributed by atoms with Gasteiger partial charge < -0.3 is 10.6 Å². The van der Waals surface area contributed by atoms with E-state index in [1.165, 1.54) is 6.07 Å². The Bertz CT molecular complexity index is 745. The third-order valence-electron chi connectivity index (χ3n) is 3.24. The topological polar surface area (TPSA) is 58.2 Å². The molecule has 0 aliphatic rings. The Labute approximate surface area is 126 Å². The summed E-state index contributed by atoms with van der Waals surface area (Å²) in [6, 6.07) is 8.15. The third kappa shape index (κ3) is 3.46. The van der Waals surface area contributed by atoms with Gasteiger partial charge in [0.2, 0.25) is 0 Å². The summed E-state index contributed by atoms with van der Waals surface area (Å²) in [4.78, 5) is 23.6. The lowest BCUT2D eigenvalue weighted by atomic mass is 10.1. The number of benzene rings is 2. The number of carbonyl (C=O) groups excluding carboxylic acids is 2. The number of amides is 2. The summed E-state index contributed by atoms with van der Waals surface area (Å²) in [5.41, 5.74) is 2.33. The SMILES string of the molecule is Cc1cccc(NC(=O)C(=O)Nc2ccc(F)c(F)c2)c1C. The molecule has 0 bridgehead atoms. The highest BCUT2D eigenvalue weighted by Crippen LogP contribution is 2.18. The Morgan fingerprint density at radius 2 is 1.59 bits per heavy atom. The standard InChI is InChI=1S/C16H14F2N2O2/c1-9-4-3-5-14(10(9)2)20-16(22)15(21)19-11-6-7-12(17)13(18)8-11/h3-8H,1-2H3,(H,19,21)(H,20,22). The van der Waals surface area contributed by atoms with Crippen molar-refractivity contribution in [2.75, 3.05) is 10.6 Å². The summed E-state index contributed by atoms with van der Waals surface area (Å²) in [6.45, 7) is 3.70. The Kier molecular flexibility index (Phi) is 4.50. The maximum absolute atomic E-state index is 13.0.